The number of benzene rings is 1. The number of halogens is 8. The molecular weight excluding hydrogens is 592 g/mol. The molecule has 1 fully saturated rings. The van der Waals surface area contributed by atoms with Gasteiger partial charge in [-0.15, -0.1) is 26.3 Å². The molecule has 1 aromatic carbocycles. The van der Waals surface area contributed by atoms with Crippen LogP contribution in [0.4, 0.5) is 40.8 Å². The van der Waals surface area contributed by atoms with Crippen LogP contribution in [0, 0.1) is 18.6 Å². The zero-order valence-corrected chi connectivity index (χ0v) is 21.9. The Morgan fingerprint density at radius 2 is 1.61 bits per heavy atom. The second kappa shape index (κ2) is 12.2. The highest BCUT2D eigenvalue weighted by atomic mass is 32.2. The lowest BCUT2D eigenvalue weighted by molar-refractivity contribution is -0.277. The minimum Gasteiger partial charge on any atom is -0.403 e. The van der Waals surface area contributed by atoms with Gasteiger partial charge in [0.2, 0.25) is 11.8 Å². The van der Waals surface area contributed by atoms with Gasteiger partial charge >= 0.3 is 12.7 Å². The number of carbonyl (C=O) groups is 1. The third-order valence-electron chi connectivity index (χ3n) is 5.76. The molecule has 1 aliphatic rings. The van der Waals surface area contributed by atoms with Crippen LogP contribution >= 0.6 is 11.8 Å². The van der Waals surface area contributed by atoms with E-state index in [4.69, 9.17) is 0 Å². The van der Waals surface area contributed by atoms with Gasteiger partial charge in [0.25, 0.3) is 0 Å². The van der Waals surface area contributed by atoms with Crippen LogP contribution in [0.15, 0.2) is 23.4 Å². The van der Waals surface area contributed by atoms with E-state index >= 15 is 0 Å². The van der Waals surface area contributed by atoms with Crippen molar-refractivity contribution in [1.82, 2.24) is 24.8 Å². The first kappa shape index (κ1) is 30.6. The van der Waals surface area contributed by atoms with Gasteiger partial charge in [-0.05, 0) is 6.92 Å². The molecule has 4 rings (SSSR count). The lowest BCUT2D eigenvalue weighted by atomic mass is 10.3. The predicted octanol–water partition coefficient (Wildman–Crippen LogP) is 4.69. The zero-order chi connectivity index (χ0) is 29.9. The maximum absolute atomic E-state index is 13.4. The van der Waals surface area contributed by atoms with E-state index in [0.717, 1.165) is 25.1 Å². The third-order valence-corrected chi connectivity index (χ3v) is 6.61. The highest BCUT2D eigenvalue weighted by Gasteiger charge is 2.37. The molecule has 2 N–H and O–H groups in total. The summed E-state index contributed by atoms with van der Waals surface area (Å²) in [6.45, 7) is 3.28. The van der Waals surface area contributed by atoms with Crippen molar-refractivity contribution in [3.63, 3.8) is 0 Å². The number of aromatic nitrogens is 3. The van der Waals surface area contributed by atoms with Crippen molar-refractivity contribution in [2.24, 2.45) is 0 Å². The molecule has 9 nitrogen and oxygen atoms in total. The predicted molar refractivity (Wildman–Crippen MR) is 131 cm³/mol. The van der Waals surface area contributed by atoms with E-state index in [1.807, 2.05) is 5.32 Å². The number of piperazine rings is 1. The van der Waals surface area contributed by atoms with Crippen LogP contribution in [0.1, 0.15) is 5.69 Å². The molecule has 0 radical (unpaired) electrons. The summed E-state index contributed by atoms with van der Waals surface area (Å²) in [5, 5.41) is 2.51. The molecule has 224 valence electrons. The SMILES string of the molecule is Cc1cc(OC(F)(F)F)c(NC(=O)CN2CCN(CCSc3nc4cc(F)c(F)cc4[nH]3)CC2)c(OC(F)(F)F)n1. The van der Waals surface area contributed by atoms with Gasteiger partial charge in [0, 0.05) is 62.4 Å². The molecular formula is C23H22F8N6O3S. The number of hydrogen-bond donors (Lipinski definition) is 2. The van der Waals surface area contributed by atoms with Gasteiger partial charge in [-0.3, -0.25) is 14.6 Å². The number of aromatic amines is 1. The Labute approximate surface area is 231 Å². The summed E-state index contributed by atoms with van der Waals surface area (Å²) < 4.78 is 111. The number of anilines is 1. The standard InChI is InChI=1S/C23H22F8N6O3S/c1-12-8-17(39-22(26,27)28)19(20(32-12)40-23(29,30)31)35-18(38)11-37-4-2-36(3-5-37)6-7-41-21-33-15-9-13(24)14(25)10-16(15)34-21/h8-10H,2-7,11H2,1H3,(H,33,34)(H,35,38). The Hall–Kier alpha value is -3.38. The van der Waals surface area contributed by atoms with Gasteiger partial charge < -0.3 is 19.8 Å². The van der Waals surface area contributed by atoms with Crippen molar-refractivity contribution < 1.29 is 49.4 Å². The molecule has 0 aliphatic carbocycles. The number of aryl methyl sites for hydroxylation is 1. The van der Waals surface area contributed by atoms with E-state index in [1.54, 1.807) is 4.90 Å². The second-order valence-electron chi connectivity index (χ2n) is 8.88. The maximum Gasteiger partial charge on any atom is 0.574 e. The fourth-order valence-electron chi connectivity index (χ4n) is 3.99. The first-order chi connectivity index (χ1) is 19.1. The van der Waals surface area contributed by atoms with Gasteiger partial charge in [0.05, 0.1) is 17.6 Å². The molecule has 0 unspecified atom stereocenters. The number of thioether (sulfide) groups is 1. The van der Waals surface area contributed by atoms with E-state index in [2.05, 4.69) is 29.3 Å². The smallest absolute Gasteiger partial charge is 0.403 e. The highest BCUT2D eigenvalue weighted by Crippen LogP contribution is 2.39. The summed E-state index contributed by atoms with van der Waals surface area (Å²) in [5.41, 5.74) is -0.594. The Balaban J connectivity index is 1.29. The first-order valence-corrected chi connectivity index (χ1v) is 12.9. The molecule has 2 aromatic heterocycles. The maximum atomic E-state index is 13.4. The summed E-state index contributed by atoms with van der Waals surface area (Å²) >= 11 is 1.35. The monoisotopic (exact) mass is 614 g/mol. The van der Waals surface area contributed by atoms with Gasteiger partial charge in [-0.25, -0.2) is 18.7 Å². The van der Waals surface area contributed by atoms with Crippen LogP contribution < -0.4 is 14.8 Å². The van der Waals surface area contributed by atoms with Gasteiger partial charge in [-0.1, -0.05) is 11.8 Å². The Kier molecular flexibility index (Phi) is 9.13. The van der Waals surface area contributed by atoms with Gasteiger partial charge in [-0.2, -0.15) is 0 Å². The van der Waals surface area contributed by atoms with E-state index in [0.29, 0.717) is 54.7 Å². The average Bonchev–Trinajstić information content (AvgIpc) is 3.22. The molecule has 3 heterocycles. The van der Waals surface area contributed by atoms with E-state index in [1.165, 1.54) is 11.8 Å². The lowest BCUT2D eigenvalue weighted by Crippen LogP contribution is -2.49. The van der Waals surface area contributed by atoms with E-state index in [9.17, 15) is 39.9 Å². The quantitative estimate of drug-likeness (QED) is 0.265. The zero-order valence-electron chi connectivity index (χ0n) is 21.1. The van der Waals surface area contributed by atoms with Gasteiger partial charge in [0.15, 0.2) is 22.5 Å². The fourth-order valence-corrected chi connectivity index (χ4v) is 4.88. The van der Waals surface area contributed by atoms with E-state index in [-0.39, 0.29) is 12.2 Å². The number of nitrogens with one attached hydrogen (secondary N) is 2. The molecule has 0 atom stereocenters. The fraction of sp³-hybridized carbons (Fsp3) is 0.435. The Morgan fingerprint density at radius 1 is 0.976 bits per heavy atom. The van der Waals surface area contributed by atoms with Crippen LogP contribution in [0.3, 0.4) is 0 Å². The van der Waals surface area contributed by atoms with Crippen LogP contribution in [-0.2, 0) is 4.79 Å². The normalized spacial score (nSPS) is 15.3. The molecule has 3 aromatic rings. The van der Waals surface area contributed by atoms with Crippen LogP contribution in [-0.4, -0.2) is 88.4 Å². The summed E-state index contributed by atoms with van der Waals surface area (Å²) in [6, 6.07) is 2.76. The summed E-state index contributed by atoms with van der Waals surface area (Å²) in [7, 11) is 0. The number of fused-ring (bicyclic) bond motifs is 1. The average molecular weight is 615 g/mol. The topological polar surface area (TPSA) is 95.6 Å². The Morgan fingerprint density at radius 3 is 2.27 bits per heavy atom. The molecule has 41 heavy (non-hydrogen) atoms. The molecule has 18 heteroatoms. The highest BCUT2D eigenvalue weighted by molar-refractivity contribution is 7.99. The van der Waals surface area contributed by atoms with Crippen LogP contribution in [0.5, 0.6) is 11.6 Å². The number of H-pyrrole nitrogens is 1. The number of amides is 1. The van der Waals surface area contributed by atoms with Crippen molar-refractivity contribution in [2.45, 2.75) is 24.8 Å². The molecule has 1 aliphatic heterocycles. The lowest BCUT2D eigenvalue weighted by Gasteiger charge is -2.34. The second-order valence-corrected chi connectivity index (χ2v) is 9.96. The van der Waals surface area contributed by atoms with Gasteiger partial charge in [0.1, 0.15) is 5.69 Å². The molecule has 0 saturated carbocycles. The van der Waals surface area contributed by atoms with E-state index < -0.39 is 47.6 Å². The largest absolute Gasteiger partial charge is 0.574 e. The number of imidazole rings is 1. The molecule has 1 amide bonds. The Bertz CT molecular complexity index is 1320. The molecule has 0 bridgehead atoms. The summed E-state index contributed by atoms with van der Waals surface area (Å²) in [5.74, 6) is -4.66. The van der Waals surface area contributed by atoms with Crippen LogP contribution in [0.25, 0.3) is 11.0 Å². The number of pyridine rings is 1. The van der Waals surface area contributed by atoms with Crippen molar-refractivity contribution in [3.05, 3.63) is 35.5 Å². The van der Waals surface area contributed by atoms with Crippen molar-refractivity contribution in [2.75, 3.05) is 50.3 Å². The minimum atomic E-state index is -5.29. The van der Waals surface area contributed by atoms with Crippen molar-refractivity contribution in [3.8, 4) is 11.6 Å². The molecule has 0 spiro atoms. The number of nitrogens with zero attached hydrogens (tertiary/aromatic N) is 4. The number of carbonyl (C=O) groups excluding carboxylic acids is 1. The summed E-state index contributed by atoms with van der Waals surface area (Å²) in [6.07, 6.45) is -10.5. The number of hydrogen-bond acceptors (Lipinski definition) is 8. The first-order valence-electron chi connectivity index (χ1n) is 11.9. The third kappa shape index (κ3) is 8.80. The van der Waals surface area contributed by atoms with Crippen LogP contribution in [0.2, 0.25) is 0 Å². The van der Waals surface area contributed by atoms with Crippen molar-refractivity contribution in [1.29, 1.82) is 0 Å². The number of rotatable bonds is 9. The minimum absolute atomic E-state index is 0.265. The molecule has 1 saturated heterocycles. The van der Waals surface area contributed by atoms with Crippen molar-refractivity contribution >= 4 is 34.4 Å². The number of alkyl halides is 6. The number of ether oxygens (including phenoxy) is 2. The summed E-state index contributed by atoms with van der Waals surface area (Å²) in [4.78, 5) is 26.9.